The van der Waals surface area contributed by atoms with Gasteiger partial charge >= 0.3 is 0 Å². The van der Waals surface area contributed by atoms with Crippen LogP contribution in [-0.2, 0) is 0 Å². The highest BCUT2D eigenvalue weighted by Crippen LogP contribution is 2.38. The maximum atomic E-state index is 13.6. The van der Waals surface area contributed by atoms with Gasteiger partial charge in [0.1, 0.15) is 11.6 Å². The number of rotatable bonds is 3. The summed E-state index contributed by atoms with van der Waals surface area (Å²) in [6.45, 7) is 0. The van der Waals surface area contributed by atoms with Crippen LogP contribution in [0.5, 0.6) is 0 Å². The third-order valence-corrected chi connectivity index (χ3v) is 3.35. The molecule has 15 heavy (non-hydrogen) atoms. The molecule has 0 bridgehead atoms. The molecule has 1 fully saturated rings. The smallest absolute Gasteiger partial charge is 0.145 e. The molecule has 0 saturated heterocycles. The molecule has 2 N–H and O–H groups in total. The van der Waals surface area contributed by atoms with Gasteiger partial charge in [-0.05, 0) is 40.4 Å². The fraction of sp³-hybridized carbons (Fsp3) is 0.455. The highest BCUT2D eigenvalue weighted by molar-refractivity contribution is 9.10. The molecule has 1 aromatic rings. The summed E-state index contributed by atoms with van der Waals surface area (Å²) >= 11 is 3.03. The molecule has 1 aliphatic carbocycles. The van der Waals surface area contributed by atoms with E-state index in [1.165, 1.54) is 12.1 Å². The van der Waals surface area contributed by atoms with Crippen molar-refractivity contribution in [1.29, 1.82) is 0 Å². The zero-order chi connectivity index (χ0) is 11.0. The third-order valence-electron chi connectivity index (χ3n) is 2.73. The molecule has 1 saturated carbocycles. The molecule has 4 heteroatoms. The van der Waals surface area contributed by atoms with Gasteiger partial charge in [0.05, 0.1) is 4.47 Å². The summed E-state index contributed by atoms with van der Waals surface area (Å²) in [6.07, 6.45) is 2.93. The standard InChI is InChI=1S/C11H12BrF2N/c12-7-3-4-8(13)10(11(7)14)9(15)5-6-1-2-6/h3-4,6,9H,1-2,5,15H2/t9-/m1/s1. The minimum atomic E-state index is -0.567. The average molecular weight is 276 g/mol. The first-order valence-electron chi connectivity index (χ1n) is 4.98. The van der Waals surface area contributed by atoms with Crippen LogP contribution in [0.3, 0.4) is 0 Å². The Morgan fingerprint density at radius 1 is 1.40 bits per heavy atom. The second kappa shape index (κ2) is 4.18. The Labute approximate surface area is 95.8 Å². The van der Waals surface area contributed by atoms with E-state index in [4.69, 9.17) is 5.73 Å². The highest BCUT2D eigenvalue weighted by Gasteiger charge is 2.27. The first-order chi connectivity index (χ1) is 7.09. The van der Waals surface area contributed by atoms with Gasteiger partial charge in [-0.1, -0.05) is 12.8 Å². The fourth-order valence-electron chi connectivity index (χ4n) is 1.71. The van der Waals surface area contributed by atoms with Gasteiger partial charge in [-0.15, -0.1) is 0 Å². The predicted molar refractivity (Wildman–Crippen MR) is 58.3 cm³/mol. The van der Waals surface area contributed by atoms with E-state index in [2.05, 4.69) is 15.9 Å². The molecule has 2 rings (SSSR count). The Balaban J connectivity index is 2.27. The van der Waals surface area contributed by atoms with Crippen LogP contribution in [0.25, 0.3) is 0 Å². The molecule has 0 aromatic heterocycles. The maximum Gasteiger partial charge on any atom is 0.145 e. The van der Waals surface area contributed by atoms with Crippen molar-refractivity contribution >= 4 is 15.9 Å². The lowest BCUT2D eigenvalue weighted by atomic mass is 10.0. The van der Waals surface area contributed by atoms with Crippen LogP contribution in [-0.4, -0.2) is 0 Å². The summed E-state index contributed by atoms with van der Waals surface area (Å²) in [5.74, 6) is -0.565. The van der Waals surface area contributed by atoms with Gasteiger partial charge in [-0.3, -0.25) is 0 Å². The Morgan fingerprint density at radius 3 is 2.67 bits per heavy atom. The van der Waals surface area contributed by atoms with Crippen LogP contribution in [0.15, 0.2) is 16.6 Å². The van der Waals surface area contributed by atoms with Crippen LogP contribution in [0.2, 0.25) is 0 Å². The van der Waals surface area contributed by atoms with Crippen molar-refractivity contribution in [2.45, 2.75) is 25.3 Å². The minimum absolute atomic E-state index is 0.0104. The van der Waals surface area contributed by atoms with Crippen molar-refractivity contribution in [2.75, 3.05) is 0 Å². The molecule has 1 aliphatic rings. The van der Waals surface area contributed by atoms with Crippen molar-refractivity contribution in [2.24, 2.45) is 11.7 Å². The molecule has 1 atom stereocenters. The SMILES string of the molecule is N[C@H](CC1CC1)c1c(F)ccc(Br)c1F. The number of benzene rings is 1. The summed E-state index contributed by atoms with van der Waals surface area (Å²) in [5.41, 5.74) is 5.82. The quantitative estimate of drug-likeness (QED) is 0.840. The largest absolute Gasteiger partial charge is 0.324 e. The molecule has 1 nitrogen and oxygen atoms in total. The highest BCUT2D eigenvalue weighted by atomic mass is 79.9. The van der Waals surface area contributed by atoms with E-state index in [9.17, 15) is 8.78 Å². The monoisotopic (exact) mass is 275 g/mol. The Kier molecular flexibility index (Phi) is 3.07. The van der Waals surface area contributed by atoms with Gasteiger partial charge in [-0.25, -0.2) is 8.78 Å². The van der Waals surface area contributed by atoms with Crippen LogP contribution < -0.4 is 5.73 Å². The van der Waals surface area contributed by atoms with Crippen LogP contribution in [0.1, 0.15) is 30.9 Å². The number of nitrogens with two attached hydrogens (primary N) is 1. The fourth-order valence-corrected chi connectivity index (χ4v) is 2.06. The summed E-state index contributed by atoms with van der Waals surface area (Å²) in [4.78, 5) is 0. The topological polar surface area (TPSA) is 26.0 Å². The molecule has 0 heterocycles. The first-order valence-corrected chi connectivity index (χ1v) is 5.78. The first kappa shape index (κ1) is 11.0. The van der Waals surface area contributed by atoms with Gasteiger partial charge < -0.3 is 5.73 Å². The summed E-state index contributed by atoms with van der Waals surface area (Å²) < 4.78 is 27.3. The van der Waals surface area contributed by atoms with Crippen molar-refractivity contribution in [3.05, 3.63) is 33.8 Å². The Hall–Kier alpha value is -0.480. The van der Waals surface area contributed by atoms with E-state index >= 15 is 0 Å². The Bertz CT molecular complexity index is 377. The Morgan fingerprint density at radius 2 is 2.07 bits per heavy atom. The predicted octanol–water partition coefficient (Wildman–Crippen LogP) is 3.53. The molecule has 82 valence electrons. The van der Waals surface area contributed by atoms with Gasteiger partial charge in [0.15, 0.2) is 0 Å². The number of hydrogen-bond donors (Lipinski definition) is 1. The normalized spacial score (nSPS) is 17.9. The van der Waals surface area contributed by atoms with Gasteiger partial charge in [-0.2, -0.15) is 0 Å². The van der Waals surface area contributed by atoms with Crippen LogP contribution in [0.4, 0.5) is 8.78 Å². The van der Waals surface area contributed by atoms with Gasteiger partial charge in [0, 0.05) is 11.6 Å². The van der Waals surface area contributed by atoms with Crippen molar-refractivity contribution in [1.82, 2.24) is 0 Å². The molecule has 0 spiro atoms. The van der Waals surface area contributed by atoms with E-state index in [1.54, 1.807) is 0 Å². The van der Waals surface area contributed by atoms with E-state index < -0.39 is 17.7 Å². The second-order valence-corrected chi connectivity index (χ2v) is 4.90. The van der Waals surface area contributed by atoms with Crippen molar-refractivity contribution in [3.8, 4) is 0 Å². The summed E-state index contributed by atoms with van der Waals surface area (Å²) in [5, 5.41) is 0. The minimum Gasteiger partial charge on any atom is -0.324 e. The van der Waals surface area contributed by atoms with E-state index in [0.29, 0.717) is 12.3 Å². The van der Waals surface area contributed by atoms with Crippen molar-refractivity contribution < 1.29 is 8.78 Å². The number of halogens is 3. The lowest BCUT2D eigenvalue weighted by Gasteiger charge is -2.14. The number of hydrogen-bond acceptors (Lipinski definition) is 1. The maximum absolute atomic E-state index is 13.6. The molecule has 0 radical (unpaired) electrons. The van der Waals surface area contributed by atoms with Gasteiger partial charge in [0.25, 0.3) is 0 Å². The summed E-state index contributed by atoms with van der Waals surface area (Å²) in [7, 11) is 0. The third kappa shape index (κ3) is 2.37. The summed E-state index contributed by atoms with van der Waals surface area (Å²) in [6, 6.07) is 2.07. The zero-order valence-electron chi connectivity index (χ0n) is 8.14. The lowest BCUT2D eigenvalue weighted by molar-refractivity contribution is 0.496. The molecular formula is C11H12BrF2N. The zero-order valence-corrected chi connectivity index (χ0v) is 9.73. The van der Waals surface area contributed by atoms with Gasteiger partial charge in [0.2, 0.25) is 0 Å². The molecule has 0 unspecified atom stereocenters. The molecule has 0 aliphatic heterocycles. The second-order valence-electron chi connectivity index (χ2n) is 4.04. The van der Waals surface area contributed by atoms with E-state index in [0.717, 1.165) is 12.8 Å². The molecular weight excluding hydrogens is 264 g/mol. The molecule has 1 aromatic carbocycles. The van der Waals surface area contributed by atoms with E-state index in [1.807, 2.05) is 0 Å². The van der Waals surface area contributed by atoms with Crippen LogP contribution in [0, 0.1) is 17.6 Å². The average Bonchev–Trinajstić information content (AvgIpc) is 2.96. The molecule has 0 amide bonds. The van der Waals surface area contributed by atoms with Crippen LogP contribution >= 0.6 is 15.9 Å². The van der Waals surface area contributed by atoms with Crippen molar-refractivity contribution in [3.63, 3.8) is 0 Å². The lowest BCUT2D eigenvalue weighted by Crippen LogP contribution is -2.15. The van der Waals surface area contributed by atoms with E-state index in [-0.39, 0.29) is 10.0 Å².